The summed E-state index contributed by atoms with van der Waals surface area (Å²) < 4.78 is 22.6. The second kappa shape index (κ2) is 5.12. The Bertz CT molecular complexity index is 571. The van der Waals surface area contributed by atoms with Gasteiger partial charge in [0.25, 0.3) is 0 Å². The summed E-state index contributed by atoms with van der Waals surface area (Å²) in [4.78, 5) is 0.371. The number of sulfone groups is 1. The van der Waals surface area contributed by atoms with Crippen LogP contribution in [0.15, 0.2) is 47.4 Å². The van der Waals surface area contributed by atoms with Crippen molar-refractivity contribution in [1.29, 1.82) is 0 Å². The van der Waals surface area contributed by atoms with E-state index in [-0.39, 0.29) is 0 Å². The maximum Gasteiger partial charge on any atom is 0.175 e. The molecule has 0 radical (unpaired) electrons. The van der Waals surface area contributed by atoms with Crippen molar-refractivity contribution in [3.8, 4) is 0 Å². The van der Waals surface area contributed by atoms with Crippen LogP contribution in [0.5, 0.6) is 0 Å². The van der Waals surface area contributed by atoms with Crippen molar-refractivity contribution >= 4 is 20.6 Å². The molecule has 0 amide bonds. The van der Waals surface area contributed by atoms with Gasteiger partial charge in [-0.1, -0.05) is 44.2 Å². The predicted molar refractivity (Wildman–Crippen MR) is 68.4 cm³/mol. The van der Waals surface area contributed by atoms with Crippen LogP contribution in [0.4, 0.5) is 0 Å². The molecule has 2 aromatic rings. The van der Waals surface area contributed by atoms with Crippen LogP contribution in [0, 0.1) is 0 Å². The van der Waals surface area contributed by atoms with Gasteiger partial charge in [0, 0.05) is 6.26 Å². The predicted octanol–water partition coefficient (Wildman–Crippen LogP) is 3.27. The zero-order valence-electron chi connectivity index (χ0n) is 9.77. The first-order valence-corrected chi connectivity index (χ1v) is 7.15. The Labute approximate surface area is 96.8 Å². The lowest BCUT2D eigenvalue weighted by molar-refractivity contribution is 0.602. The van der Waals surface area contributed by atoms with Crippen LogP contribution < -0.4 is 0 Å². The molecule has 0 spiro atoms. The third kappa shape index (κ3) is 2.83. The lowest BCUT2D eigenvalue weighted by atomic mass is 10.1. The lowest BCUT2D eigenvalue weighted by Gasteiger charge is -2.00. The second-order valence-corrected chi connectivity index (χ2v) is 5.30. The Balaban J connectivity index is 0.000000606. The highest BCUT2D eigenvalue weighted by Crippen LogP contribution is 2.18. The van der Waals surface area contributed by atoms with Gasteiger partial charge in [0.1, 0.15) is 0 Å². The molecular formula is C13H16O2S. The first kappa shape index (κ1) is 12.7. The second-order valence-electron chi connectivity index (χ2n) is 3.28. The van der Waals surface area contributed by atoms with E-state index in [2.05, 4.69) is 0 Å². The van der Waals surface area contributed by atoms with Crippen LogP contribution in [0.25, 0.3) is 10.8 Å². The monoisotopic (exact) mass is 236 g/mol. The maximum atomic E-state index is 11.3. The summed E-state index contributed by atoms with van der Waals surface area (Å²) in [7, 11) is -3.09. The quantitative estimate of drug-likeness (QED) is 0.761. The molecule has 0 aromatic heterocycles. The van der Waals surface area contributed by atoms with Crippen molar-refractivity contribution < 1.29 is 8.42 Å². The number of rotatable bonds is 1. The zero-order valence-corrected chi connectivity index (χ0v) is 10.6. The highest BCUT2D eigenvalue weighted by atomic mass is 32.2. The third-order valence-corrected chi connectivity index (χ3v) is 3.26. The molecule has 3 heteroatoms. The minimum absolute atomic E-state index is 0.371. The molecule has 0 bridgehead atoms. The number of hydrogen-bond acceptors (Lipinski definition) is 2. The van der Waals surface area contributed by atoms with Gasteiger partial charge in [-0.25, -0.2) is 8.42 Å². The molecule has 2 aromatic carbocycles. The number of fused-ring (bicyclic) bond motifs is 1. The van der Waals surface area contributed by atoms with E-state index in [1.807, 2.05) is 44.2 Å². The minimum Gasteiger partial charge on any atom is -0.224 e. The molecular weight excluding hydrogens is 220 g/mol. The molecule has 16 heavy (non-hydrogen) atoms. The fourth-order valence-corrected chi connectivity index (χ4v) is 2.05. The van der Waals surface area contributed by atoms with Gasteiger partial charge in [-0.3, -0.25) is 0 Å². The van der Waals surface area contributed by atoms with Crippen LogP contribution in [0.2, 0.25) is 0 Å². The fourth-order valence-electron chi connectivity index (χ4n) is 1.40. The number of benzene rings is 2. The van der Waals surface area contributed by atoms with Gasteiger partial charge in [0.15, 0.2) is 9.84 Å². The van der Waals surface area contributed by atoms with Gasteiger partial charge in [0.2, 0.25) is 0 Å². The highest BCUT2D eigenvalue weighted by molar-refractivity contribution is 7.90. The molecule has 0 unspecified atom stereocenters. The molecule has 0 heterocycles. The van der Waals surface area contributed by atoms with E-state index >= 15 is 0 Å². The molecule has 0 fully saturated rings. The van der Waals surface area contributed by atoms with E-state index < -0.39 is 9.84 Å². The van der Waals surface area contributed by atoms with E-state index in [0.717, 1.165) is 10.8 Å². The van der Waals surface area contributed by atoms with Crippen LogP contribution in [-0.4, -0.2) is 14.7 Å². The van der Waals surface area contributed by atoms with Crippen molar-refractivity contribution in [1.82, 2.24) is 0 Å². The smallest absolute Gasteiger partial charge is 0.175 e. The summed E-state index contributed by atoms with van der Waals surface area (Å²) in [5.41, 5.74) is 0. The molecule has 0 aliphatic carbocycles. The van der Waals surface area contributed by atoms with Crippen LogP contribution >= 0.6 is 0 Å². The Hall–Kier alpha value is -1.35. The average molecular weight is 236 g/mol. The Morgan fingerprint density at radius 3 is 2.00 bits per heavy atom. The average Bonchev–Trinajstić information content (AvgIpc) is 2.30. The van der Waals surface area contributed by atoms with Gasteiger partial charge in [0.05, 0.1) is 4.90 Å². The Kier molecular flexibility index (Phi) is 4.07. The summed E-state index contributed by atoms with van der Waals surface area (Å²) in [5.74, 6) is 0. The molecule has 0 aliphatic rings. The van der Waals surface area contributed by atoms with E-state index in [4.69, 9.17) is 0 Å². The molecule has 0 saturated carbocycles. The molecule has 86 valence electrons. The van der Waals surface area contributed by atoms with E-state index in [1.165, 1.54) is 6.26 Å². The molecule has 2 rings (SSSR count). The summed E-state index contributed by atoms with van der Waals surface area (Å²) in [6, 6.07) is 12.9. The topological polar surface area (TPSA) is 34.1 Å². The molecule has 0 aliphatic heterocycles. The van der Waals surface area contributed by atoms with Crippen molar-refractivity contribution in [2.24, 2.45) is 0 Å². The zero-order chi connectivity index (χ0) is 12.2. The van der Waals surface area contributed by atoms with Gasteiger partial charge in [-0.05, 0) is 22.9 Å². The maximum absolute atomic E-state index is 11.3. The third-order valence-electron chi connectivity index (χ3n) is 2.15. The van der Waals surface area contributed by atoms with Crippen LogP contribution in [0.3, 0.4) is 0 Å². The van der Waals surface area contributed by atoms with Crippen molar-refractivity contribution in [2.45, 2.75) is 18.7 Å². The first-order chi connectivity index (χ1) is 7.57. The molecule has 0 saturated heterocycles. The van der Waals surface area contributed by atoms with Crippen molar-refractivity contribution in [3.05, 3.63) is 42.5 Å². The first-order valence-electron chi connectivity index (χ1n) is 5.26. The minimum atomic E-state index is -3.09. The Morgan fingerprint density at radius 2 is 1.44 bits per heavy atom. The highest BCUT2D eigenvalue weighted by Gasteiger charge is 2.06. The van der Waals surface area contributed by atoms with Crippen LogP contribution in [-0.2, 0) is 9.84 Å². The standard InChI is InChI=1S/C11H10O2S.C2H6/c1-14(12,13)11-7-6-9-4-2-3-5-10(9)8-11;1-2/h2-8H,1H3;1-2H3. The lowest BCUT2D eigenvalue weighted by Crippen LogP contribution is -1.96. The van der Waals surface area contributed by atoms with Crippen molar-refractivity contribution in [2.75, 3.05) is 6.26 Å². The van der Waals surface area contributed by atoms with Crippen LogP contribution in [0.1, 0.15) is 13.8 Å². The summed E-state index contributed by atoms with van der Waals surface area (Å²) >= 11 is 0. The SMILES string of the molecule is CC.CS(=O)(=O)c1ccc2ccccc2c1. The van der Waals surface area contributed by atoms with Gasteiger partial charge in [-0.2, -0.15) is 0 Å². The van der Waals surface area contributed by atoms with E-state index in [1.54, 1.807) is 12.1 Å². The van der Waals surface area contributed by atoms with E-state index in [0.29, 0.717) is 4.90 Å². The van der Waals surface area contributed by atoms with Crippen molar-refractivity contribution in [3.63, 3.8) is 0 Å². The van der Waals surface area contributed by atoms with Gasteiger partial charge >= 0.3 is 0 Å². The summed E-state index contributed by atoms with van der Waals surface area (Å²) in [6.07, 6.45) is 1.22. The summed E-state index contributed by atoms with van der Waals surface area (Å²) in [6.45, 7) is 4.00. The van der Waals surface area contributed by atoms with E-state index in [9.17, 15) is 8.42 Å². The Morgan fingerprint density at radius 1 is 0.875 bits per heavy atom. The van der Waals surface area contributed by atoms with Gasteiger partial charge in [-0.15, -0.1) is 0 Å². The molecule has 0 N–H and O–H groups in total. The normalized spacial score (nSPS) is 10.7. The number of hydrogen-bond donors (Lipinski definition) is 0. The largest absolute Gasteiger partial charge is 0.224 e. The molecule has 2 nitrogen and oxygen atoms in total. The van der Waals surface area contributed by atoms with Gasteiger partial charge < -0.3 is 0 Å². The fraction of sp³-hybridized carbons (Fsp3) is 0.231. The molecule has 0 atom stereocenters. The summed E-state index contributed by atoms with van der Waals surface area (Å²) in [5, 5.41) is 2.01.